The molecular weight excluding hydrogens is 390 g/mol. The first kappa shape index (κ1) is 19.3. The van der Waals surface area contributed by atoms with Crippen LogP contribution in [0.4, 0.5) is 0 Å². The van der Waals surface area contributed by atoms with Gasteiger partial charge >= 0.3 is 0 Å². The van der Waals surface area contributed by atoms with Gasteiger partial charge in [0.05, 0.1) is 10.9 Å². The number of pyridine rings is 1. The SMILES string of the molecule is Cc1ccc2c(C(C)C)c3c(c(C)c2c1)-c1c2c(cc4c(C)cccc4c2cc[n+]1C)O3. The van der Waals surface area contributed by atoms with E-state index in [-0.39, 0.29) is 0 Å². The van der Waals surface area contributed by atoms with Gasteiger partial charge in [-0.2, -0.15) is 0 Å². The van der Waals surface area contributed by atoms with E-state index < -0.39 is 0 Å². The second kappa shape index (κ2) is 6.56. The maximum Gasteiger partial charge on any atom is 0.228 e. The van der Waals surface area contributed by atoms with Crippen LogP contribution >= 0.6 is 0 Å². The van der Waals surface area contributed by atoms with E-state index in [1.165, 1.54) is 65.8 Å². The molecular formula is C30H28NO+. The molecule has 2 nitrogen and oxygen atoms in total. The molecule has 0 aliphatic carbocycles. The number of benzene rings is 4. The summed E-state index contributed by atoms with van der Waals surface area (Å²) in [7, 11) is 2.16. The van der Waals surface area contributed by atoms with Gasteiger partial charge in [-0.25, -0.2) is 4.57 Å². The summed E-state index contributed by atoms with van der Waals surface area (Å²) in [4.78, 5) is 0. The Morgan fingerprint density at radius 1 is 0.812 bits per heavy atom. The molecule has 0 radical (unpaired) electrons. The highest BCUT2D eigenvalue weighted by Crippen LogP contribution is 2.53. The molecule has 0 unspecified atom stereocenters. The third kappa shape index (κ3) is 2.44. The normalized spacial score (nSPS) is 12.6. The molecule has 0 bridgehead atoms. The van der Waals surface area contributed by atoms with Crippen LogP contribution in [0, 0.1) is 20.8 Å². The number of fused-ring (bicyclic) bond motifs is 5. The van der Waals surface area contributed by atoms with Gasteiger partial charge in [0.25, 0.3) is 0 Å². The van der Waals surface area contributed by atoms with Crippen molar-refractivity contribution >= 4 is 32.3 Å². The van der Waals surface area contributed by atoms with Crippen molar-refractivity contribution < 1.29 is 9.30 Å². The van der Waals surface area contributed by atoms with Crippen LogP contribution in [0.5, 0.6) is 11.5 Å². The molecule has 2 heteroatoms. The van der Waals surface area contributed by atoms with Crippen LogP contribution in [0.2, 0.25) is 0 Å². The number of ether oxygens (including phenoxy) is 1. The lowest BCUT2D eigenvalue weighted by Crippen LogP contribution is -2.32. The van der Waals surface area contributed by atoms with Crippen molar-refractivity contribution in [3.8, 4) is 22.8 Å². The average molecular weight is 419 g/mol. The minimum absolute atomic E-state index is 0.350. The lowest BCUT2D eigenvalue weighted by atomic mass is 9.84. The Hall–Kier alpha value is -3.39. The summed E-state index contributed by atoms with van der Waals surface area (Å²) in [6, 6.07) is 17.9. The summed E-state index contributed by atoms with van der Waals surface area (Å²) >= 11 is 0. The molecule has 0 saturated heterocycles. The zero-order valence-electron chi connectivity index (χ0n) is 19.6. The molecule has 0 spiro atoms. The molecule has 6 rings (SSSR count). The standard InChI is InChI=1S/C30H28NO/c1-16(2)26-21-11-10-17(3)14-24(21)19(5)27-29-28-22(12-13-31(29)6)20-9-7-8-18(4)23(20)15-25(28)32-30(26)27/h7-16H,1-6H3/q+1. The van der Waals surface area contributed by atoms with E-state index in [0.29, 0.717) is 5.92 Å². The molecule has 0 N–H and O–H groups in total. The molecule has 0 fully saturated rings. The minimum atomic E-state index is 0.350. The molecule has 158 valence electrons. The zero-order valence-corrected chi connectivity index (χ0v) is 19.6. The monoisotopic (exact) mass is 418 g/mol. The second-order valence-corrected chi connectivity index (χ2v) is 9.66. The summed E-state index contributed by atoms with van der Waals surface area (Å²) in [5.74, 6) is 2.34. The highest BCUT2D eigenvalue weighted by atomic mass is 16.5. The number of hydrogen-bond donors (Lipinski definition) is 0. The number of hydrogen-bond acceptors (Lipinski definition) is 1. The Morgan fingerprint density at radius 2 is 1.62 bits per heavy atom. The summed E-state index contributed by atoms with van der Waals surface area (Å²) in [6.07, 6.45) is 2.20. The minimum Gasteiger partial charge on any atom is -0.455 e. The number of nitrogens with zero attached hydrogens (tertiary/aromatic N) is 1. The van der Waals surface area contributed by atoms with E-state index in [1.54, 1.807) is 0 Å². The van der Waals surface area contributed by atoms with Gasteiger partial charge in [-0.1, -0.05) is 55.8 Å². The Labute approximate surface area is 189 Å². The van der Waals surface area contributed by atoms with E-state index in [0.717, 1.165) is 11.5 Å². The largest absolute Gasteiger partial charge is 0.455 e. The van der Waals surface area contributed by atoms with Crippen molar-refractivity contribution in [1.82, 2.24) is 0 Å². The molecule has 1 aliphatic rings. The Kier molecular flexibility index (Phi) is 3.96. The van der Waals surface area contributed by atoms with Crippen molar-refractivity contribution in [2.45, 2.75) is 40.5 Å². The molecule has 1 aromatic heterocycles. The topological polar surface area (TPSA) is 13.1 Å². The molecule has 2 heterocycles. The van der Waals surface area contributed by atoms with Gasteiger partial charge in [0.15, 0.2) is 6.20 Å². The van der Waals surface area contributed by atoms with Crippen molar-refractivity contribution in [3.63, 3.8) is 0 Å². The average Bonchev–Trinajstić information content (AvgIpc) is 2.76. The maximum atomic E-state index is 6.87. The predicted molar refractivity (Wildman–Crippen MR) is 134 cm³/mol. The van der Waals surface area contributed by atoms with Gasteiger partial charge in [0.1, 0.15) is 18.5 Å². The number of aromatic nitrogens is 1. The van der Waals surface area contributed by atoms with Gasteiger partial charge in [-0.15, -0.1) is 0 Å². The molecule has 0 atom stereocenters. The van der Waals surface area contributed by atoms with Gasteiger partial charge in [0, 0.05) is 17.0 Å². The van der Waals surface area contributed by atoms with E-state index in [1.807, 2.05) is 0 Å². The summed E-state index contributed by atoms with van der Waals surface area (Å²) in [5.41, 5.74) is 7.65. The van der Waals surface area contributed by atoms with Crippen LogP contribution in [0.15, 0.2) is 54.7 Å². The van der Waals surface area contributed by atoms with E-state index in [9.17, 15) is 0 Å². The first-order chi connectivity index (χ1) is 15.4. The fourth-order valence-electron chi connectivity index (χ4n) is 5.65. The summed E-state index contributed by atoms with van der Waals surface area (Å²) in [5, 5.41) is 7.65. The fraction of sp³-hybridized carbons (Fsp3) is 0.233. The molecule has 5 aromatic rings. The molecule has 4 aromatic carbocycles. The Morgan fingerprint density at radius 3 is 2.41 bits per heavy atom. The smallest absolute Gasteiger partial charge is 0.228 e. The lowest BCUT2D eigenvalue weighted by Gasteiger charge is -2.27. The van der Waals surface area contributed by atoms with Crippen LogP contribution < -0.4 is 9.30 Å². The highest BCUT2D eigenvalue weighted by Gasteiger charge is 2.34. The first-order valence-corrected chi connectivity index (χ1v) is 11.5. The van der Waals surface area contributed by atoms with Crippen molar-refractivity contribution in [2.75, 3.05) is 0 Å². The molecule has 1 aliphatic heterocycles. The lowest BCUT2D eigenvalue weighted by molar-refractivity contribution is -0.659. The van der Waals surface area contributed by atoms with Gasteiger partial charge < -0.3 is 4.74 Å². The van der Waals surface area contributed by atoms with E-state index in [4.69, 9.17) is 4.74 Å². The van der Waals surface area contributed by atoms with Gasteiger partial charge in [0.2, 0.25) is 5.69 Å². The Balaban J connectivity index is 1.87. The highest BCUT2D eigenvalue weighted by molar-refractivity contribution is 6.16. The van der Waals surface area contributed by atoms with Crippen LogP contribution in [0.25, 0.3) is 43.6 Å². The van der Waals surface area contributed by atoms with Crippen LogP contribution in [0.1, 0.15) is 42.0 Å². The molecule has 0 saturated carbocycles. The van der Waals surface area contributed by atoms with Crippen molar-refractivity contribution in [1.29, 1.82) is 0 Å². The maximum absolute atomic E-state index is 6.87. The van der Waals surface area contributed by atoms with Gasteiger partial charge in [-0.3, -0.25) is 0 Å². The third-order valence-electron chi connectivity index (χ3n) is 7.20. The van der Waals surface area contributed by atoms with Crippen LogP contribution in [-0.4, -0.2) is 0 Å². The first-order valence-electron chi connectivity index (χ1n) is 11.5. The Bertz CT molecular complexity index is 1610. The summed E-state index contributed by atoms with van der Waals surface area (Å²) in [6.45, 7) is 11.2. The fourth-order valence-corrected chi connectivity index (χ4v) is 5.65. The third-order valence-corrected chi connectivity index (χ3v) is 7.20. The second-order valence-electron chi connectivity index (χ2n) is 9.66. The summed E-state index contributed by atoms with van der Waals surface area (Å²) < 4.78 is 9.14. The quantitative estimate of drug-likeness (QED) is 0.196. The number of rotatable bonds is 1. The molecule has 0 amide bonds. The van der Waals surface area contributed by atoms with Crippen molar-refractivity contribution in [3.05, 3.63) is 77.0 Å². The van der Waals surface area contributed by atoms with E-state index >= 15 is 0 Å². The predicted octanol–water partition coefficient (Wildman–Crippen LogP) is 7.79. The molecule has 32 heavy (non-hydrogen) atoms. The zero-order chi connectivity index (χ0) is 22.3. The van der Waals surface area contributed by atoms with Crippen LogP contribution in [-0.2, 0) is 7.05 Å². The van der Waals surface area contributed by atoms with Crippen LogP contribution in [0.3, 0.4) is 0 Å². The van der Waals surface area contributed by atoms with E-state index in [2.05, 4.69) is 101 Å². The van der Waals surface area contributed by atoms with Crippen molar-refractivity contribution in [2.24, 2.45) is 7.05 Å². The van der Waals surface area contributed by atoms with Gasteiger partial charge in [-0.05, 0) is 65.4 Å². The number of aryl methyl sites for hydroxylation is 4.